The zero-order chi connectivity index (χ0) is 8.27. The first-order chi connectivity index (χ1) is 5.25. The van der Waals surface area contributed by atoms with E-state index < -0.39 is 0 Å². The molecule has 0 nitrogen and oxygen atoms in total. The van der Waals surface area contributed by atoms with Gasteiger partial charge in [-0.3, -0.25) is 0 Å². The first-order valence-electron chi connectivity index (χ1n) is 4.88. The highest BCUT2D eigenvalue weighted by Crippen LogP contribution is 2.35. The largest absolute Gasteiger partial charge is 0.103 e. The third kappa shape index (κ3) is 2.08. The normalized spacial score (nSPS) is 32.3. The fraction of sp³-hybridized carbons (Fsp3) is 0.818. The van der Waals surface area contributed by atoms with Crippen molar-refractivity contribution in [2.24, 2.45) is 17.8 Å². The SMILES string of the molecule is C=CC1CCCCC1C(C)C. The third-order valence-electron chi connectivity index (χ3n) is 3.03. The molecule has 0 aromatic rings. The minimum absolute atomic E-state index is 0.809. The van der Waals surface area contributed by atoms with Gasteiger partial charge in [-0.15, -0.1) is 6.58 Å². The Morgan fingerprint density at radius 3 is 2.36 bits per heavy atom. The molecule has 2 atom stereocenters. The second kappa shape index (κ2) is 3.94. The second-order valence-electron chi connectivity index (χ2n) is 4.09. The minimum atomic E-state index is 0.809. The zero-order valence-corrected chi connectivity index (χ0v) is 7.84. The van der Waals surface area contributed by atoms with Crippen molar-refractivity contribution in [3.05, 3.63) is 12.7 Å². The van der Waals surface area contributed by atoms with Crippen LogP contribution in [0.3, 0.4) is 0 Å². The van der Waals surface area contributed by atoms with Crippen molar-refractivity contribution in [1.29, 1.82) is 0 Å². The van der Waals surface area contributed by atoms with Gasteiger partial charge in [-0.1, -0.05) is 32.8 Å². The molecule has 0 aromatic heterocycles. The van der Waals surface area contributed by atoms with Gasteiger partial charge in [0.1, 0.15) is 0 Å². The molecule has 0 aromatic carbocycles. The lowest BCUT2D eigenvalue weighted by atomic mass is 9.74. The van der Waals surface area contributed by atoms with E-state index in [-0.39, 0.29) is 0 Å². The average Bonchev–Trinajstić information content (AvgIpc) is 2.04. The molecule has 1 aliphatic carbocycles. The lowest BCUT2D eigenvalue weighted by Crippen LogP contribution is -2.22. The van der Waals surface area contributed by atoms with E-state index in [1.807, 2.05) is 0 Å². The summed E-state index contributed by atoms with van der Waals surface area (Å²) in [5.41, 5.74) is 0. The van der Waals surface area contributed by atoms with Crippen molar-refractivity contribution in [3.8, 4) is 0 Å². The van der Waals surface area contributed by atoms with Crippen molar-refractivity contribution in [1.82, 2.24) is 0 Å². The van der Waals surface area contributed by atoms with Gasteiger partial charge in [0.05, 0.1) is 0 Å². The van der Waals surface area contributed by atoms with E-state index in [1.165, 1.54) is 25.7 Å². The van der Waals surface area contributed by atoms with E-state index in [2.05, 4.69) is 26.5 Å². The highest BCUT2D eigenvalue weighted by molar-refractivity contribution is 4.88. The summed E-state index contributed by atoms with van der Waals surface area (Å²) >= 11 is 0. The van der Waals surface area contributed by atoms with Crippen molar-refractivity contribution < 1.29 is 0 Å². The molecule has 1 fully saturated rings. The van der Waals surface area contributed by atoms with Crippen molar-refractivity contribution in [3.63, 3.8) is 0 Å². The van der Waals surface area contributed by atoms with E-state index in [0.29, 0.717) is 0 Å². The highest BCUT2D eigenvalue weighted by atomic mass is 14.3. The molecule has 0 aliphatic heterocycles. The lowest BCUT2D eigenvalue weighted by Gasteiger charge is -2.32. The Bertz CT molecular complexity index is 124. The molecule has 0 heterocycles. The van der Waals surface area contributed by atoms with Crippen molar-refractivity contribution in [2.75, 3.05) is 0 Å². The van der Waals surface area contributed by atoms with Gasteiger partial charge >= 0.3 is 0 Å². The molecule has 1 saturated carbocycles. The van der Waals surface area contributed by atoms with Crippen LogP contribution < -0.4 is 0 Å². The Kier molecular flexibility index (Phi) is 3.16. The third-order valence-corrected chi connectivity index (χ3v) is 3.03. The van der Waals surface area contributed by atoms with Gasteiger partial charge in [0.2, 0.25) is 0 Å². The molecule has 0 amide bonds. The Balaban J connectivity index is 2.51. The van der Waals surface area contributed by atoms with Crippen LogP contribution in [0.5, 0.6) is 0 Å². The summed E-state index contributed by atoms with van der Waals surface area (Å²) in [4.78, 5) is 0. The maximum atomic E-state index is 3.92. The fourth-order valence-electron chi connectivity index (χ4n) is 2.31. The molecule has 2 unspecified atom stereocenters. The van der Waals surface area contributed by atoms with Crippen LogP contribution in [0.4, 0.5) is 0 Å². The monoisotopic (exact) mass is 152 g/mol. The Morgan fingerprint density at radius 2 is 1.91 bits per heavy atom. The van der Waals surface area contributed by atoms with Crippen molar-refractivity contribution in [2.45, 2.75) is 39.5 Å². The molecule has 0 heteroatoms. The van der Waals surface area contributed by atoms with Gasteiger partial charge in [0.25, 0.3) is 0 Å². The minimum Gasteiger partial charge on any atom is -0.103 e. The van der Waals surface area contributed by atoms with Crippen LogP contribution in [-0.2, 0) is 0 Å². The molecular formula is C11H20. The predicted octanol–water partition coefficient (Wildman–Crippen LogP) is 3.63. The highest BCUT2D eigenvalue weighted by Gasteiger charge is 2.24. The van der Waals surface area contributed by atoms with Crippen LogP contribution in [0.15, 0.2) is 12.7 Å². The predicted molar refractivity (Wildman–Crippen MR) is 50.5 cm³/mol. The maximum Gasteiger partial charge on any atom is -0.0205 e. The quantitative estimate of drug-likeness (QED) is 0.530. The van der Waals surface area contributed by atoms with E-state index in [0.717, 1.165) is 17.8 Å². The van der Waals surface area contributed by atoms with Crippen LogP contribution in [0.2, 0.25) is 0 Å². The Labute approximate surface area is 70.7 Å². The molecular weight excluding hydrogens is 132 g/mol. The lowest BCUT2D eigenvalue weighted by molar-refractivity contribution is 0.218. The van der Waals surface area contributed by atoms with Gasteiger partial charge in [0.15, 0.2) is 0 Å². The van der Waals surface area contributed by atoms with E-state index >= 15 is 0 Å². The summed E-state index contributed by atoms with van der Waals surface area (Å²) < 4.78 is 0. The molecule has 11 heavy (non-hydrogen) atoms. The molecule has 0 saturated heterocycles. The standard InChI is InChI=1S/C11H20/c1-4-10-7-5-6-8-11(10)9(2)3/h4,9-11H,1,5-8H2,2-3H3. The second-order valence-corrected chi connectivity index (χ2v) is 4.09. The summed E-state index contributed by atoms with van der Waals surface area (Å²) in [6.07, 6.45) is 7.83. The summed E-state index contributed by atoms with van der Waals surface area (Å²) in [6.45, 7) is 8.60. The van der Waals surface area contributed by atoms with Crippen LogP contribution in [-0.4, -0.2) is 0 Å². The molecule has 0 N–H and O–H groups in total. The van der Waals surface area contributed by atoms with Crippen LogP contribution >= 0.6 is 0 Å². The van der Waals surface area contributed by atoms with Gasteiger partial charge in [-0.2, -0.15) is 0 Å². The summed E-state index contributed by atoms with van der Waals surface area (Å²) in [5, 5.41) is 0. The van der Waals surface area contributed by atoms with Crippen LogP contribution in [0.1, 0.15) is 39.5 Å². The van der Waals surface area contributed by atoms with Gasteiger partial charge in [-0.25, -0.2) is 0 Å². The fourth-order valence-corrected chi connectivity index (χ4v) is 2.31. The number of allylic oxidation sites excluding steroid dienone is 1. The van der Waals surface area contributed by atoms with Gasteiger partial charge in [0, 0.05) is 0 Å². The zero-order valence-electron chi connectivity index (χ0n) is 7.84. The smallest absolute Gasteiger partial charge is 0.0205 e. The number of hydrogen-bond donors (Lipinski definition) is 0. The molecule has 1 aliphatic rings. The molecule has 64 valence electrons. The first-order valence-corrected chi connectivity index (χ1v) is 4.88. The Morgan fingerprint density at radius 1 is 1.27 bits per heavy atom. The van der Waals surface area contributed by atoms with E-state index in [9.17, 15) is 0 Å². The summed E-state index contributed by atoms with van der Waals surface area (Å²) in [5.74, 6) is 2.57. The number of rotatable bonds is 2. The average molecular weight is 152 g/mol. The van der Waals surface area contributed by atoms with Gasteiger partial charge in [-0.05, 0) is 30.6 Å². The summed E-state index contributed by atoms with van der Waals surface area (Å²) in [6, 6.07) is 0. The van der Waals surface area contributed by atoms with E-state index in [4.69, 9.17) is 0 Å². The Hall–Kier alpha value is -0.260. The van der Waals surface area contributed by atoms with Gasteiger partial charge < -0.3 is 0 Å². The molecule has 1 rings (SSSR count). The van der Waals surface area contributed by atoms with Crippen LogP contribution in [0.25, 0.3) is 0 Å². The number of hydrogen-bond acceptors (Lipinski definition) is 0. The van der Waals surface area contributed by atoms with Crippen molar-refractivity contribution >= 4 is 0 Å². The van der Waals surface area contributed by atoms with E-state index in [1.54, 1.807) is 0 Å². The topological polar surface area (TPSA) is 0 Å². The molecule has 0 bridgehead atoms. The van der Waals surface area contributed by atoms with Crippen LogP contribution in [0, 0.1) is 17.8 Å². The molecule has 0 radical (unpaired) electrons. The summed E-state index contributed by atoms with van der Waals surface area (Å²) in [7, 11) is 0. The maximum absolute atomic E-state index is 3.92. The molecule has 0 spiro atoms. The first kappa shape index (κ1) is 8.83.